The molecule has 3 rings (SSSR count). The summed E-state index contributed by atoms with van der Waals surface area (Å²) in [5, 5.41) is 0. The number of ether oxygens (including phenoxy) is 1. The molecule has 0 aliphatic heterocycles. The zero-order valence-corrected chi connectivity index (χ0v) is 13.4. The van der Waals surface area contributed by atoms with Crippen LogP contribution in [0.25, 0.3) is 0 Å². The van der Waals surface area contributed by atoms with E-state index in [2.05, 4.69) is 22.0 Å². The lowest BCUT2D eigenvalue weighted by molar-refractivity contribution is 0.405. The highest BCUT2D eigenvalue weighted by Gasteiger charge is 2.36. The summed E-state index contributed by atoms with van der Waals surface area (Å²) in [4.78, 5) is 0. The summed E-state index contributed by atoms with van der Waals surface area (Å²) in [6.45, 7) is 0. The molecular weight excluding hydrogens is 333 g/mol. The van der Waals surface area contributed by atoms with Crippen LogP contribution in [0.5, 0.6) is 5.75 Å². The third-order valence-electron chi connectivity index (χ3n) is 4.21. The van der Waals surface area contributed by atoms with Crippen LogP contribution in [-0.4, -0.2) is 7.11 Å². The number of benzene rings is 2. The molecule has 0 amide bonds. The van der Waals surface area contributed by atoms with E-state index in [1.165, 1.54) is 11.6 Å². The van der Waals surface area contributed by atoms with Gasteiger partial charge in [-0.3, -0.25) is 0 Å². The van der Waals surface area contributed by atoms with Gasteiger partial charge in [0.25, 0.3) is 0 Å². The molecular formula is C17H17BrFNO. The molecule has 2 aromatic rings. The Morgan fingerprint density at radius 3 is 2.86 bits per heavy atom. The highest BCUT2D eigenvalue weighted by Crippen LogP contribution is 2.39. The minimum Gasteiger partial charge on any atom is -0.497 e. The second kappa shape index (κ2) is 5.43. The fraction of sp³-hybridized carbons (Fsp3) is 0.294. The van der Waals surface area contributed by atoms with Crippen molar-refractivity contribution in [2.24, 2.45) is 5.73 Å². The van der Waals surface area contributed by atoms with Crippen molar-refractivity contribution >= 4 is 15.9 Å². The predicted octanol–water partition coefficient (Wildman–Crippen LogP) is 3.94. The average molecular weight is 350 g/mol. The van der Waals surface area contributed by atoms with Gasteiger partial charge in [0.1, 0.15) is 11.6 Å². The summed E-state index contributed by atoms with van der Waals surface area (Å²) in [7, 11) is 1.64. The second-order valence-corrected chi connectivity index (χ2v) is 6.51. The standard InChI is InChI=1S/C17H17BrFNO/c1-21-14-4-2-11-6-7-17(20,15(11)9-14)10-12-8-13(18)3-5-16(12)19/h2-5,8-9H,6-7,10,20H2,1H3. The Balaban J connectivity index is 1.98. The van der Waals surface area contributed by atoms with E-state index < -0.39 is 5.54 Å². The summed E-state index contributed by atoms with van der Waals surface area (Å²) in [6, 6.07) is 11.0. The molecule has 0 heterocycles. The van der Waals surface area contributed by atoms with Gasteiger partial charge in [-0.25, -0.2) is 4.39 Å². The fourth-order valence-electron chi connectivity index (χ4n) is 3.06. The number of hydrogen-bond acceptors (Lipinski definition) is 2. The molecule has 2 N–H and O–H groups in total. The number of nitrogens with two attached hydrogens (primary N) is 1. The normalized spacial score (nSPS) is 20.4. The number of rotatable bonds is 3. The molecule has 0 bridgehead atoms. The number of fused-ring (bicyclic) bond motifs is 1. The van der Waals surface area contributed by atoms with E-state index in [-0.39, 0.29) is 5.82 Å². The number of hydrogen-bond donors (Lipinski definition) is 1. The van der Waals surface area contributed by atoms with Crippen molar-refractivity contribution < 1.29 is 9.13 Å². The molecule has 1 atom stereocenters. The fourth-order valence-corrected chi connectivity index (χ4v) is 3.47. The number of methoxy groups -OCH3 is 1. The van der Waals surface area contributed by atoms with E-state index in [9.17, 15) is 4.39 Å². The zero-order chi connectivity index (χ0) is 15.0. The van der Waals surface area contributed by atoms with Crippen molar-refractivity contribution in [3.8, 4) is 5.75 Å². The van der Waals surface area contributed by atoms with E-state index in [4.69, 9.17) is 10.5 Å². The molecule has 1 aliphatic carbocycles. The van der Waals surface area contributed by atoms with Gasteiger partial charge in [-0.15, -0.1) is 0 Å². The quantitative estimate of drug-likeness (QED) is 0.910. The van der Waals surface area contributed by atoms with Crippen LogP contribution in [0.1, 0.15) is 23.1 Å². The molecule has 0 saturated carbocycles. The van der Waals surface area contributed by atoms with Gasteiger partial charge in [0.15, 0.2) is 0 Å². The first-order chi connectivity index (χ1) is 10.0. The third-order valence-corrected chi connectivity index (χ3v) is 4.70. The van der Waals surface area contributed by atoms with Crippen LogP contribution in [-0.2, 0) is 18.4 Å². The van der Waals surface area contributed by atoms with Gasteiger partial charge in [-0.05, 0) is 66.3 Å². The highest BCUT2D eigenvalue weighted by molar-refractivity contribution is 9.10. The molecule has 0 radical (unpaired) electrons. The Kier molecular flexibility index (Phi) is 3.76. The first-order valence-corrected chi connectivity index (χ1v) is 7.71. The topological polar surface area (TPSA) is 35.2 Å². The van der Waals surface area contributed by atoms with E-state index in [0.29, 0.717) is 12.0 Å². The zero-order valence-electron chi connectivity index (χ0n) is 11.8. The van der Waals surface area contributed by atoms with Crippen LogP contribution < -0.4 is 10.5 Å². The molecule has 2 aromatic carbocycles. The molecule has 21 heavy (non-hydrogen) atoms. The molecule has 1 aliphatic rings. The molecule has 2 nitrogen and oxygen atoms in total. The van der Waals surface area contributed by atoms with Crippen molar-refractivity contribution in [3.05, 3.63) is 63.4 Å². The Bertz CT molecular complexity index is 688. The maximum Gasteiger partial charge on any atom is 0.126 e. The predicted molar refractivity (Wildman–Crippen MR) is 85.0 cm³/mol. The smallest absolute Gasteiger partial charge is 0.126 e. The summed E-state index contributed by atoms with van der Waals surface area (Å²) < 4.78 is 20.2. The summed E-state index contributed by atoms with van der Waals surface area (Å²) in [5.41, 5.74) is 9.01. The number of halogens is 2. The van der Waals surface area contributed by atoms with Crippen LogP contribution in [0.4, 0.5) is 4.39 Å². The average Bonchev–Trinajstić information content (AvgIpc) is 2.80. The molecule has 110 valence electrons. The maximum absolute atomic E-state index is 14.0. The highest BCUT2D eigenvalue weighted by atomic mass is 79.9. The monoisotopic (exact) mass is 349 g/mol. The molecule has 0 fully saturated rings. The lowest BCUT2D eigenvalue weighted by atomic mass is 9.86. The van der Waals surface area contributed by atoms with Gasteiger partial charge < -0.3 is 10.5 Å². The van der Waals surface area contributed by atoms with E-state index >= 15 is 0 Å². The Morgan fingerprint density at radius 2 is 2.10 bits per heavy atom. The lowest BCUT2D eigenvalue weighted by Crippen LogP contribution is -2.36. The molecule has 0 saturated heterocycles. The van der Waals surface area contributed by atoms with Gasteiger partial charge >= 0.3 is 0 Å². The Hall–Kier alpha value is -1.39. The largest absolute Gasteiger partial charge is 0.497 e. The van der Waals surface area contributed by atoms with Crippen LogP contribution >= 0.6 is 15.9 Å². The minimum atomic E-state index is -0.536. The van der Waals surface area contributed by atoms with Gasteiger partial charge in [-0.1, -0.05) is 22.0 Å². The van der Waals surface area contributed by atoms with E-state index in [0.717, 1.165) is 28.6 Å². The lowest BCUT2D eigenvalue weighted by Gasteiger charge is -2.26. The van der Waals surface area contributed by atoms with Crippen LogP contribution in [0.3, 0.4) is 0 Å². The van der Waals surface area contributed by atoms with Crippen molar-refractivity contribution in [2.45, 2.75) is 24.8 Å². The van der Waals surface area contributed by atoms with Crippen LogP contribution in [0, 0.1) is 5.82 Å². The summed E-state index contributed by atoms with van der Waals surface area (Å²) >= 11 is 3.39. The first-order valence-electron chi connectivity index (χ1n) is 6.92. The SMILES string of the molecule is COc1ccc2c(c1)C(N)(Cc1cc(Br)ccc1F)CC2. The Labute approximate surface area is 132 Å². The molecule has 1 unspecified atom stereocenters. The number of aryl methyl sites for hydroxylation is 1. The van der Waals surface area contributed by atoms with Crippen LogP contribution in [0.15, 0.2) is 40.9 Å². The van der Waals surface area contributed by atoms with E-state index in [1.54, 1.807) is 13.2 Å². The van der Waals surface area contributed by atoms with Gasteiger partial charge in [0.05, 0.1) is 7.11 Å². The summed E-state index contributed by atoms with van der Waals surface area (Å²) in [5.74, 6) is 0.583. The van der Waals surface area contributed by atoms with E-state index in [1.807, 2.05) is 18.2 Å². The minimum absolute atomic E-state index is 0.209. The van der Waals surface area contributed by atoms with Crippen molar-refractivity contribution in [3.63, 3.8) is 0 Å². The van der Waals surface area contributed by atoms with Crippen LogP contribution in [0.2, 0.25) is 0 Å². The van der Waals surface area contributed by atoms with Gasteiger partial charge in [0, 0.05) is 10.0 Å². The molecule has 0 aromatic heterocycles. The Morgan fingerprint density at radius 1 is 1.29 bits per heavy atom. The maximum atomic E-state index is 14.0. The molecule has 0 spiro atoms. The molecule has 4 heteroatoms. The first kappa shape index (κ1) is 14.5. The third kappa shape index (κ3) is 2.70. The van der Waals surface area contributed by atoms with Gasteiger partial charge in [-0.2, -0.15) is 0 Å². The summed E-state index contributed by atoms with van der Waals surface area (Å²) in [6.07, 6.45) is 2.23. The van der Waals surface area contributed by atoms with Crippen molar-refractivity contribution in [1.29, 1.82) is 0 Å². The van der Waals surface area contributed by atoms with Gasteiger partial charge in [0.2, 0.25) is 0 Å². The van der Waals surface area contributed by atoms with Crippen molar-refractivity contribution in [2.75, 3.05) is 7.11 Å². The van der Waals surface area contributed by atoms with Crippen molar-refractivity contribution in [1.82, 2.24) is 0 Å². The second-order valence-electron chi connectivity index (χ2n) is 5.59.